The number of ether oxygens (including phenoxy) is 4. The Morgan fingerprint density at radius 1 is 0.660 bits per heavy atom. The van der Waals surface area contributed by atoms with Crippen LogP contribution in [0.3, 0.4) is 0 Å². The first-order valence-electron chi connectivity index (χ1n) is 15.1. The molecule has 0 aliphatic carbocycles. The molecule has 0 spiro atoms. The van der Waals surface area contributed by atoms with Gasteiger partial charge in [-0.15, -0.1) is 0 Å². The fourth-order valence-electron chi connectivity index (χ4n) is 3.85. The van der Waals surface area contributed by atoms with Gasteiger partial charge in [0.05, 0.1) is 11.1 Å². The van der Waals surface area contributed by atoms with Crippen molar-refractivity contribution in [2.75, 3.05) is 59.3 Å². The molecule has 1 rings (SSSR count). The molecule has 0 atom stereocenters. The van der Waals surface area contributed by atoms with Gasteiger partial charge < -0.3 is 42.9 Å². The average molecular weight is 681 g/mol. The van der Waals surface area contributed by atoms with Crippen LogP contribution >= 0.6 is 0 Å². The highest BCUT2D eigenvalue weighted by Gasteiger charge is 2.39. The zero-order valence-electron chi connectivity index (χ0n) is 27.1. The van der Waals surface area contributed by atoms with E-state index in [1.165, 1.54) is 12.1 Å². The van der Waals surface area contributed by atoms with Gasteiger partial charge in [0.2, 0.25) is 5.91 Å². The minimum absolute atomic E-state index is 0.0415. The molecule has 0 saturated heterocycles. The monoisotopic (exact) mass is 680 g/mol. The summed E-state index contributed by atoms with van der Waals surface area (Å²) in [5.41, 5.74) is -0.422. The van der Waals surface area contributed by atoms with Gasteiger partial charge in [-0.1, -0.05) is 13.2 Å². The summed E-state index contributed by atoms with van der Waals surface area (Å²) in [6.07, 6.45) is 2.43. The molecular weight excluding hydrogens is 636 g/mol. The van der Waals surface area contributed by atoms with E-state index in [0.29, 0.717) is 38.8 Å². The minimum Gasteiger partial charge on any atom is -0.459 e. The van der Waals surface area contributed by atoms with Crippen molar-refractivity contribution in [3.05, 3.63) is 60.2 Å². The Morgan fingerprint density at radius 3 is 1.55 bits per heavy atom. The first-order chi connectivity index (χ1) is 22.5. The maximum absolute atomic E-state index is 13.0. The fourth-order valence-corrected chi connectivity index (χ4v) is 6.46. The van der Waals surface area contributed by atoms with E-state index >= 15 is 0 Å². The molecule has 1 aromatic carbocycles. The van der Waals surface area contributed by atoms with Crippen molar-refractivity contribution in [2.24, 2.45) is 0 Å². The molecule has 0 aliphatic heterocycles. The van der Waals surface area contributed by atoms with Crippen molar-refractivity contribution in [1.29, 1.82) is 0 Å². The molecular formula is C31H44N2O13Si. The van der Waals surface area contributed by atoms with Crippen LogP contribution in [-0.2, 0) is 46.6 Å². The Morgan fingerprint density at radius 2 is 1.11 bits per heavy atom. The third-order valence-electron chi connectivity index (χ3n) is 5.83. The van der Waals surface area contributed by atoms with Gasteiger partial charge >= 0.3 is 32.7 Å². The molecule has 16 heteroatoms. The van der Waals surface area contributed by atoms with Crippen molar-refractivity contribution in [2.45, 2.75) is 39.7 Å². The van der Waals surface area contributed by atoms with E-state index in [2.05, 4.69) is 23.8 Å². The SMILES string of the molecule is C=CC(=O)OCCOC(=O)c1cc(C(=O)NCCC(=O)NCCC[Si](OCC)(OCC)OCC)cc(C(=O)OCCOC(=O)C=C)c1. The second kappa shape index (κ2) is 23.0. The van der Waals surface area contributed by atoms with Crippen LogP contribution in [0.2, 0.25) is 6.04 Å². The average Bonchev–Trinajstić information content (AvgIpc) is 3.06. The second-order valence-corrected chi connectivity index (χ2v) is 12.0. The molecule has 2 N–H and O–H groups in total. The molecule has 1 aromatic rings. The third-order valence-corrected chi connectivity index (χ3v) is 8.99. The van der Waals surface area contributed by atoms with Gasteiger partial charge in [-0.25, -0.2) is 19.2 Å². The molecule has 47 heavy (non-hydrogen) atoms. The number of hydrogen-bond acceptors (Lipinski definition) is 13. The second-order valence-electron chi connectivity index (χ2n) is 9.26. The molecule has 0 saturated carbocycles. The van der Waals surface area contributed by atoms with Gasteiger partial charge in [-0.2, -0.15) is 0 Å². The standard InChI is InChI=1S/C31H44N2O13Si/c1-6-27(35)40-15-17-42-30(38)24-20-23(21-25(22-24)31(39)43-18-16-41-28(36)7-2)29(37)33-14-12-26(34)32-13-11-19-47(44-8-3,45-9-4)46-10-5/h6-7,20-22H,1-2,8-19H2,3-5H3,(H,32,34)(H,33,37). The summed E-state index contributed by atoms with van der Waals surface area (Å²) in [5.74, 6) is -4.21. The largest absolute Gasteiger partial charge is 0.500 e. The number of nitrogens with one attached hydrogen (secondary N) is 2. The zero-order chi connectivity index (χ0) is 35.1. The van der Waals surface area contributed by atoms with Gasteiger partial charge in [0, 0.05) is 63.1 Å². The van der Waals surface area contributed by atoms with Crippen molar-refractivity contribution >= 4 is 44.5 Å². The molecule has 0 heterocycles. The Kier molecular flexibility index (Phi) is 19.9. The van der Waals surface area contributed by atoms with Crippen LogP contribution in [0.4, 0.5) is 0 Å². The van der Waals surface area contributed by atoms with E-state index in [0.717, 1.165) is 18.2 Å². The number of carbonyl (C=O) groups excluding carboxylic acids is 6. The lowest BCUT2D eigenvalue weighted by molar-refractivity contribution is -0.139. The van der Waals surface area contributed by atoms with Crippen molar-refractivity contribution in [3.8, 4) is 0 Å². The van der Waals surface area contributed by atoms with Crippen LogP contribution < -0.4 is 10.6 Å². The van der Waals surface area contributed by atoms with E-state index in [9.17, 15) is 28.8 Å². The van der Waals surface area contributed by atoms with Gasteiger partial charge in [0.1, 0.15) is 26.4 Å². The van der Waals surface area contributed by atoms with Crippen molar-refractivity contribution in [1.82, 2.24) is 10.6 Å². The highest BCUT2D eigenvalue weighted by atomic mass is 28.4. The summed E-state index contributed by atoms with van der Waals surface area (Å²) in [5, 5.41) is 5.36. The number of rotatable bonds is 24. The van der Waals surface area contributed by atoms with Crippen LogP contribution in [0.5, 0.6) is 0 Å². The van der Waals surface area contributed by atoms with Crippen molar-refractivity contribution < 1.29 is 61.0 Å². The predicted octanol–water partition coefficient (Wildman–Crippen LogP) is 2.13. The highest BCUT2D eigenvalue weighted by molar-refractivity contribution is 6.60. The Balaban J connectivity index is 2.82. The third kappa shape index (κ3) is 16.1. The number of hydrogen-bond donors (Lipinski definition) is 2. The topological polar surface area (TPSA) is 191 Å². The zero-order valence-corrected chi connectivity index (χ0v) is 28.1. The maximum Gasteiger partial charge on any atom is 0.500 e. The highest BCUT2D eigenvalue weighted by Crippen LogP contribution is 2.18. The molecule has 0 bridgehead atoms. The van der Waals surface area contributed by atoms with Gasteiger partial charge in [-0.05, 0) is 45.4 Å². The van der Waals surface area contributed by atoms with Gasteiger partial charge in [0.25, 0.3) is 5.91 Å². The smallest absolute Gasteiger partial charge is 0.459 e. The summed E-state index contributed by atoms with van der Waals surface area (Å²) in [6.45, 7) is 12.7. The quantitative estimate of drug-likeness (QED) is 0.0531. The molecule has 0 unspecified atom stereocenters. The van der Waals surface area contributed by atoms with E-state index in [4.69, 9.17) is 32.2 Å². The molecule has 0 radical (unpaired) electrons. The Bertz CT molecular complexity index is 1160. The van der Waals surface area contributed by atoms with Gasteiger partial charge in [-0.3, -0.25) is 9.59 Å². The molecule has 15 nitrogen and oxygen atoms in total. The minimum atomic E-state index is -2.82. The molecule has 2 amide bonds. The van der Waals surface area contributed by atoms with Crippen LogP contribution in [-0.4, -0.2) is 104 Å². The molecule has 0 fully saturated rings. The van der Waals surface area contributed by atoms with Crippen molar-refractivity contribution in [3.63, 3.8) is 0 Å². The number of carbonyl (C=O) groups is 6. The van der Waals surface area contributed by atoms with E-state index in [1.807, 2.05) is 20.8 Å². The summed E-state index contributed by atoms with van der Waals surface area (Å²) in [7, 11) is -2.82. The van der Waals surface area contributed by atoms with E-state index < -0.39 is 38.6 Å². The molecule has 260 valence electrons. The lowest BCUT2D eigenvalue weighted by Crippen LogP contribution is -2.46. The summed E-state index contributed by atoms with van der Waals surface area (Å²) >= 11 is 0. The first-order valence-corrected chi connectivity index (χ1v) is 17.0. The normalized spacial score (nSPS) is 10.7. The Labute approximate surface area is 275 Å². The first kappa shape index (κ1) is 40.6. The Hall–Kier alpha value is -4.38. The van der Waals surface area contributed by atoms with E-state index in [-0.39, 0.29) is 62.0 Å². The summed E-state index contributed by atoms with van der Waals surface area (Å²) in [4.78, 5) is 73.0. The van der Waals surface area contributed by atoms with Crippen LogP contribution in [0, 0.1) is 0 Å². The number of amides is 2. The van der Waals surface area contributed by atoms with Gasteiger partial charge in [0.15, 0.2) is 0 Å². The maximum atomic E-state index is 13.0. The summed E-state index contributed by atoms with van der Waals surface area (Å²) in [6, 6.07) is 4.08. The van der Waals surface area contributed by atoms with Crippen LogP contribution in [0.1, 0.15) is 64.7 Å². The fraction of sp³-hybridized carbons (Fsp3) is 0.484. The predicted molar refractivity (Wildman–Crippen MR) is 169 cm³/mol. The van der Waals surface area contributed by atoms with Crippen LogP contribution in [0.15, 0.2) is 43.5 Å². The number of esters is 4. The lowest BCUT2D eigenvalue weighted by atomic mass is 10.0. The molecule has 0 aliphatic rings. The number of benzene rings is 1. The molecule has 0 aromatic heterocycles. The van der Waals surface area contributed by atoms with E-state index in [1.54, 1.807) is 0 Å². The summed E-state index contributed by atoms with van der Waals surface area (Å²) < 4.78 is 37.1. The van der Waals surface area contributed by atoms with Crippen LogP contribution in [0.25, 0.3) is 0 Å². The lowest BCUT2D eigenvalue weighted by Gasteiger charge is -2.28.